The second-order valence-corrected chi connectivity index (χ2v) is 11.4. The Morgan fingerprint density at radius 2 is 1.57 bits per heavy atom. The van der Waals surface area contributed by atoms with Gasteiger partial charge in [-0.1, -0.05) is 80.6 Å². The largest absolute Gasteiger partial charge is 0.458 e. The highest BCUT2D eigenvalue weighted by Crippen LogP contribution is 2.29. The molecule has 9 nitrogen and oxygen atoms in total. The van der Waals surface area contributed by atoms with Gasteiger partial charge in [0.1, 0.15) is 5.60 Å². The van der Waals surface area contributed by atoms with Crippen molar-refractivity contribution < 1.29 is 29.3 Å². The first kappa shape index (κ1) is 30.6. The number of primary amides is 1. The summed E-state index contributed by atoms with van der Waals surface area (Å²) in [5.41, 5.74) is 4.84. The average Bonchev–Trinajstić information content (AvgIpc) is 2.87. The first-order valence-corrected chi connectivity index (χ1v) is 13.3. The number of hydrogen-bond donors (Lipinski definition) is 4. The van der Waals surface area contributed by atoms with Gasteiger partial charge in [0.2, 0.25) is 5.72 Å². The smallest absolute Gasteiger partial charge is 0.337 e. The number of fused-ring (bicyclic) bond motifs is 1. The summed E-state index contributed by atoms with van der Waals surface area (Å²) in [5.74, 6) is -2.07. The standard InChI is InChI=1S/C31H39N3O6/c1-20(2)18-34(19-26(35)27(36)40-30(3,4)5)29(38)33-31(39,28(32)37)17-21-13-15-23(16-14-21)25-12-8-10-22-9-6-7-11-24(22)25/h6-16,20,26,35,39H,17-19H2,1-5H3,(H2,32,37)(H,33,38). The fourth-order valence-corrected chi connectivity index (χ4v) is 4.36. The fourth-order valence-electron chi connectivity index (χ4n) is 4.36. The topological polar surface area (TPSA) is 142 Å². The predicted molar refractivity (Wildman–Crippen MR) is 154 cm³/mol. The second-order valence-electron chi connectivity index (χ2n) is 11.4. The van der Waals surface area contributed by atoms with Crippen LogP contribution in [0.1, 0.15) is 40.2 Å². The Balaban J connectivity index is 1.77. The van der Waals surface area contributed by atoms with Gasteiger partial charge in [-0.05, 0) is 54.2 Å². The summed E-state index contributed by atoms with van der Waals surface area (Å²) in [6, 6.07) is 20.5. The minimum atomic E-state index is -2.41. The Bertz CT molecular complexity index is 1340. The molecule has 3 amide bonds. The third kappa shape index (κ3) is 8.03. The van der Waals surface area contributed by atoms with E-state index in [0.717, 1.165) is 26.8 Å². The summed E-state index contributed by atoms with van der Waals surface area (Å²) in [5, 5.41) is 26.0. The van der Waals surface area contributed by atoms with Gasteiger partial charge in [-0.2, -0.15) is 0 Å². The lowest BCUT2D eigenvalue weighted by Gasteiger charge is -2.32. The van der Waals surface area contributed by atoms with Crippen LogP contribution >= 0.6 is 0 Å². The number of nitrogens with two attached hydrogens (primary N) is 1. The van der Waals surface area contributed by atoms with Crippen LogP contribution in [0.15, 0.2) is 66.7 Å². The summed E-state index contributed by atoms with van der Waals surface area (Å²) < 4.78 is 5.20. The predicted octanol–water partition coefficient (Wildman–Crippen LogP) is 3.59. The SMILES string of the molecule is CC(C)CN(CC(O)C(=O)OC(C)(C)C)C(=O)NC(O)(Cc1ccc(-c2cccc3ccccc23)cc1)C(N)=O. The van der Waals surface area contributed by atoms with Crippen molar-refractivity contribution in [1.29, 1.82) is 0 Å². The molecule has 3 aromatic rings. The molecule has 9 heteroatoms. The molecule has 40 heavy (non-hydrogen) atoms. The molecule has 3 rings (SSSR count). The summed E-state index contributed by atoms with van der Waals surface area (Å²) in [6.07, 6.45) is -1.90. The molecule has 0 heterocycles. The number of ether oxygens (including phenoxy) is 1. The van der Waals surface area contributed by atoms with E-state index in [1.165, 1.54) is 0 Å². The molecule has 3 aromatic carbocycles. The number of hydrogen-bond acceptors (Lipinski definition) is 6. The van der Waals surface area contributed by atoms with Crippen molar-refractivity contribution >= 4 is 28.7 Å². The van der Waals surface area contributed by atoms with Crippen LogP contribution in [0, 0.1) is 5.92 Å². The lowest BCUT2D eigenvalue weighted by molar-refractivity contribution is -0.165. The van der Waals surface area contributed by atoms with E-state index in [1.54, 1.807) is 32.9 Å². The van der Waals surface area contributed by atoms with Crippen LogP contribution in [0.25, 0.3) is 21.9 Å². The minimum absolute atomic E-state index is 0.0418. The molecule has 0 aliphatic rings. The maximum atomic E-state index is 13.2. The molecule has 214 valence electrons. The molecular formula is C31H39N3O6. The number of aliphatic hydroxyl groups excluding tert-OH is 1. The number of amides is 3. The van der Waals surface area contributed by atoms with Crippen molar-refractivity contribution in [1.82, 2.24) is 10.2 Å². The van der Waals surface area contributed by atoms with Gasteiger partial charge < -0.3 is 30.9 Å². The second kappa shape index (κ2) is 12.5. The molecule has 0 saturated carbocycles. The van der Waals surface area contributed by atoms with Crippen LogP contribution in [-0.4, -0.2) is 63.5 Å². The molecule has 0 aromatic heterocycles. The Labute approximate surface area is 234 Å². The number of aliphatic hydroxyl groups is 2. The summed E-state index contributed by atoms with van der Waals surface area (Å²) in [4.78, 5) is 39.0. The molecule has 5 N–H and O–H groups in total. The summed E-state index contributed by atoms with van der Waals surface area (Å²) in [7, 11) is 0. The number of carbonyl (C=O) groups excluding carboxylic acids is 3. The molecule has 0 bridgehead atoms. The first-order chi connectivity index (χ1) is 18.7. The van der Waals surface area contributed by atoms with E-state index < -0.39 is 41.9 Å². The van der Waals surface area contributed by atoms with Crippen molar-refractivity contribution in [2.75, 3.05) is 13.1 Å². The number of urea groups is 1. The molecule has 0 spiro atoms. The van der Waals surface area contributed by atoms with E-state index in [4.69, 9.17) is 10.5 Å². The number of nitrogens with zero attached hydrogens (tertiary/aromatic N) is 1. The van der Waals surface area contributed by atoms with Gasteiger partial charge in [0.05, 0.1) is 6.54 Å². The van der Waals surface area contributed by atoms with Gasteiger partial charge in [-0.3, -0.25) is 4.79 Å². The maximum absolute atomic E-state index is 13.2. The molecule has 0 aliphatic carbocycles. The van der Waals surface area contributed by atoms with E-state index in [0.29, 0.717) is 5.56 Å². The van der Waals surface area contributed by atoms with Crippen LogP contribution in [0.4, 0.5) is 4.79 Å². The zero-order valence-corrected chi connectivity index (χ0v) is 23.7. The zero-order valence-electron chi connectivity index (χ0n) is 23.7. The average molecular weight is 550 g/mol. The molecule has 0 aliphatic heterocycles. The highest BCUT2D eigenvalue weighted by molar-refractivity contribution is 5.96. The highest BCUT2D eigenvalue weighted by Gasteiger charge is 2.38. The van der Waals surface area contributed by atoms with Crippen LogP contribution in [-0.2, 0) is 20.7 Å². The molecule has 0 fully saturated rings. The fraction of sp³-hybridized carbons (Fsp3) is 0.387. The maximum Gasteiger partial charge on any atom is 0.337 e. The number of carbonyl (C=O) groups is 3. The van der Waals surface area contributed by atoms with Crippen molar-refractivity contribution in [3.05, 3.63) is 72.3 Å². The first-order valence-electron chi connectivity index (χ1n) is 13.3. The monoisotopic (exact) mass is 549 g/mol. The van der Waals surface area contributed by atoms with Gasteiger partial charge in [0.25, 0.3) is 5.91 Å². The molecule has 0 radical (unpaired) electrons. The summed E-state index contributed by atoms with van der Waals surface area (Å²) in [6.45, 7) is 8.43. The number of esters is 1. The van der Waals surface area contributed by atoms with Gasteiger partial charge in [0, 0.05) is 13.0 Å². The van der Waals surface area contributed by atoms with Gasteiger partial charge in [-0.15, -0.1) is 0 Å². The van der Waals surface area contributed by atoms with Gasteiger partial charge >= 0.3 is 12.0 Å². The Morgan fingerprint density at radius 1 is 0.950 bits per heavy atom. The molecule has 0 saturated heterocycles. The summed E-state index contributed by atoms with van der Waals surface area (Å²) >= 11 is 0. The van der Waals surface area contributed by atoms with E-state index in [9.17, 15) is 24.6 Å². The van der Waals surface area contributed by atoms with Crippen molar-refractivity contribution in [3.8, 4) is 11.1 Å². The normalized spacial score (nSPS) is 13.9. The Kier molecular flexibility index (Phi) is 9.55. The van der Waals surface area contributed by atoms with Crippen molar-refractivity contribution in [2.45, 2.75) is 58.5 Å². The van der Waals surface area contributed by atoms with Crippen molar-refractivity contribution in [3.63, 3.8) is 0 Å². The number of nitrogens with one attached hydrogen (secondary N) is 1. The van der Waals surface area contributed by atoms with Crippen LogP contribution < -0.4 is 11.1 Å². The third-order valence-electron chi connectivity index (χ3n) is 6.18. The molecule has 2 atom stereocenters. The zero-order chi connectivity index (χ0) is 29.7. The van der Waals surface area contributed by atoms with E-state index >= 15 is 0 Å². The van der Waals surface area contributed by atoms with E-state index in [-0.39, 0.29) is 18.9 Å². The lowest BCUT2D eigenvalue weighted by Crippen LogP contribution is -2.62. The van der Waals surface area contributed by atoms with Crippen LogP contribution in [0.2, 0.25) is 0 Å². The van der Waals surface area contributed by atoms with Gasteiger partial charge in [0.15, 0.2) is 6.10 Å². The quantitative estimate of drug-likeness (QED) is 0.225. The number of rotatable bonds is 10. The van der Waals surface area contributed by atoms with Gasteiger partial charge in [-0.25, -0.2) is 9.59 Å². The molecule has 2 unspecified atom stereocenters. The third-order valence-corrected chi connectivity index (χ3v) is 6.18. The van der Waals surface area contributed by atoms with E-state index in [1.807, 2.05) is 68.4 Å². The lowest BCUT2D eigenvalue weighted by atomic mass is 9.95. The highest BCUT2D eigenvalue weighted by atomic mass is 16.6. The van der Waals surface area contributed by atoms with Crippen LogP contribution in [0.3, 0.4) is 0 Å². The minimum Gasteiger partial charge on any atom is -0.458 e. The Hall–Kier alpha value is -3.95. The number of benzene rings is 3. The van der Waals surface area contributed by atoms with E-state index in [2.05, 4.69) is 5.32 Å². The molecular weight excluding hydrogens is 510 g/mol. The Morgan fingerprint density at radius 3 is 2.17 bits per heavy atom. The van der Waals surface area contributed by atoms with Crippen LogP contribution in [0.5, 0.6) is 0 Å². The van der Waals surface area contributed by atoms with Crippen molar-refractivity contribution in [2.24, 2.45) is 11.7 Å².